The lowest BCUT2D eigenvalue weighted by Crippen LogP contribution is -2.70. The number of aliphatic hydroxyl groups excluding tert-OH is 4. The minimum Gasteiger partial charge on any atom is -0.391 e. The van der Waals surface area contributed by atoms with Gasteiger partial charge in [-0.05, 0) is 0 Å². The number of nitrogens with one attached hydrogen (secondary N) is 1. The van der Waals surface area contributed by atoms with Gasteiger partial charge in [-0.25, -0.2) is 9.09 Å². The van der Waals surface area contributed by atoms with Crippen molar-refractivity contribution < 1.29 is 48.8 Å². The van der Waals surface area contributed by atoms with Crippen molar-refractivity contribution in [2.24, 2.45) is 0 Å². The lowest BCUT2D eigenvalue weighted by Gasteiger charge is -2.46. The summed E-state index contributed by atoms with van der Waals surface area (Å²) in [4.78, 5) is 28.3. The van der Waals surface area contributed by atoms with E-state index in [0.29, 0.717) is 0 Å². The summed E-state index contributed by atoms with van der Waals surface area (Å²) in [6.45, 7) is -0.188. The summed E-state index contributed by atoms with van der Waals surface area (Å²) in [5, 5.41) is 40.4. The number of carbonyl (C=O) groups excluding carboxylic acids is 1. The van der Waals surface area contributed by atoms with Gasteiger partial charge in [0.25, 0.3) is 0 Å². The standard InChI is InChI=1S/C8H16NO10P/c1-3(11)9-4-5(12)6(13)8(2-10,18-7(4)14)19-20(15,16)17/h4-7,10,12-14H,2H2,1H3,(H,9,11)(H2,15,16,17)/t4-,5-,6+,7?,8-/m1/s1. The zero-order valence-corrected chi connectivity index (χ0v) is 11.2. The van der Waals surface area contributed by atoms with Crippen LogP contribution in [0, 0.1) is 0 Å². The smallest absolute Gasteiger partial charge is 0.391 e. The van der Waals surface area contributed by atoms with E-state index in [1.165, 1.54) is 0 Å². The first-order chi connectivity index (χ1) is 9.02. The van der Waals surface area contributed by atoms with E-state index in [9.17, 15) is 24.7 Å². The first-order valence-electron chi connectivity index (χ1n) is 5.38. The number of hydrogen-bond acceptors (Lipinski definition) is 8. The first-order valence-corrected chi connectivity index (χ1v) is 6.92. The van der Waals surface area contributed by atoms with Gasteiger partial charge in [0.15, 0.2) is 6.29 Å². The molecule has 1 aliphatic heterocycles. The average Bonchev–Trinajstić information content (AvgIpc) is 2.29. The van der Waals surface area contributed by atoms with Gasteiger partial charge in [-0.2, -0.15) is 0 Å². The van der Waals surface area contributed by atoms with Gasteiger partial charge in [0.2, 0.25) is 11.7 Å². The van der Waals surface area contributed by atoms with E-state index >= 15 is 0 Å². The molecule has 0 aromatic rings. The third-order valence-corrected chi connectivity index (χ3v) is 3.18. The molecule has 0 aromatic heterocycles. The molecule has 0 bridgehead atoms. The molecule has 1 heterocycles. The second-order valence-corrected chi connectivity index (χ2v) is 5.39. The summed E-state index contributed by atoms with van der Waals surface area (Å²) in [5.41, 5.74) is 0. The van der Waals surface area contributed by atoms with Gasteiger partial charge in [0.1, 0.15) is 24.9 Å². The largest absolute Gasteiger partial charge is 0.472 e. The van der Waals surface area contributed by atoms with Gasteiger partial charge >= 0.3 is 7.82 Å². The number of hydrogen-bond donors (Lipinski definition) is 7. The zero-order valence-electron chi connectivity index (χ0n) is 10.3. The Hall–Kier alpha value is -0.620. The lowest BCUT2D eigenvalue weighted by atomic mass is 9.94. The van der Waals surface area contributed by atoms with Crippen LogP contribution in [0.25, 0.3) is 0 Å². The number of phosphoric ester groups is 1. The highest BCUT2D eigenvalue weighted by molar-refractivity contribution is 7.46. The highest BCUT2D eigenvalue weighted by Crippen LogP contribution is 2.45. The highest BCUT2D eigenvalue weighted by Gasteiger charge is 2.57. The summed E-state index contributed by atoms with van der Waals surface area (Å²) >= 11 is 0. The topological polar surface area (TPSA) is 186 Å². The number of amides is 1. The number of ether oxygens (including phenoxy) is 1. The normalized spacial score (nSPS) is 38.5. The van der Waals surface area contributed by atoms with Gasteiger partial charge in [0.05, 0.1) is 0 Å². The Morgan fingerprint density at radius 3 is 2.35 bits per heavy atom. The Kier molecular flexibility index (Phi) is 5.24. The molecular weight excluding hydrogens is 301 g/mol. The summed E-state index contributed by atoms with van der Waals surface area (Å²) in [6.07, 6.45) is -6.02. The molecule has 1 rings (SSSR count). The van der Waals surface area contributed by atoms with Crippen LogP contribution in [0.2, 0.25) is 0 Å². The molecule has 0 saturated carbocycles. The van der Waals surface area contributed by atoms with Crippen LogP contribution in [0.15, 0.2) is 0 Å². The van der Waals surface area contributed by atoms with Crippen LogP contribution < -0.4 is 5.32 Å². The summed E-state index contributed by atoms with van der Waals surface area (Å²) in [7, 11) is -5.21. The molecule has 1 fully saturated rings. The molecule has 11 nitrogen and oxygen atoms in total. The third kappa shape index (κ3) is 3.73. The van der Waals surface area contributed by atoms with Gasteiger partial charge in [-0.3, -0.25) is 4.79 Å². The van der Waals surface area contributed by atoms with E-state index in [4.69, 9.17) is 14.9 Å². The van der Waals surface area contributed by atoms with Crippen molar-refractivity contribution in [3.8, 4) is 0 Å². The Balaban J connectivity index is 3.03. The molecular formula is C8H16NO10P. The molecule has 5 atom stereocenters. The van der Waals surface area contributed by atoms with Gasteiger partial charge in [0, 0.05) is 6.92 Å². The average molecular weight is 317 g/mol. The molecule has 0 spiro atoms. The van der Waals surface area contributed by atoms with E-state index in [2.05, 4.69) is 14.6 Å². The van der Waals surface area contributed by atoms with Crippen LogP contribution in [0.5, 0.6) is 0 Å². The molecule has 1 amide bonds. The SMILES string of the molecule is CC(=O)N[C@H]1C(O)O[C@](CO)(OP(=O)(O)O)[C@@H](O)[C@@H]1O. The summed E-state index contributed by atoms with van der Waals surface area (Å²) in [6, 6.07) is -1.47. The minimum atomic E-state index is -5.21. The van der Waals surface area contributed by atoms with Crippen LogP contribution in [-0.2, 0) is 18.6 Å². The maximum Gasteiger partial charge on any atom is 0.472 e. The predicted octanol–water partition coefficient (Wildman–Crippen LogP) is -3.64. The van der Waals surface area contributed by atoms with E-state index in [0.717, 1.165) is 6.92 Å². The van der Waals surface area contributed by atoms with E-state index in [-0.39, 0.29) is 0 Å². The Morgan fingerprint density at radius 2 is 1.95 bits per heavy atom. The highest BCUT2D eigenvalue weighted by atomic mass is 31.2. The van der Waals surface area contributed by atoms with Crippen LogP contribution >= 0.6 is 7.82 Å². The second-order valence-electron chi connectivity index (χ2n) is 4.22. The summed E-state index contributed by atoms with van der Waals surface area (Å²) in [5.74, 6) is -3.39. The van der Waals surface area contributed by atoms with Crippen LogP contribution in [0.3, 0.4) is 0 Å². The van der Waals surface area contributed by atoms with Crippen molar-refractivity contribution >= 4 is 13.7 Å². The molecule has 1 saturated heterocycles. The fourth-order valence-corrected chi connectivity index (χ4v) is 2.41. The van der Waals surface area contributed by atoms with Crippen LogP contribution in [-0.4, -0.2) is 73.1 Å². The first kappa shape index (κ1) is 17.4. The minimum absolute atomic E-state index is 0.656. The Morgan fingerprint density at radius 1 is 1.40 bits per heavy atom. The van der Waals surface area contributed by atoms with Crippen LogP contribution in [0.1, 0.15) is 6.92 Å². The number of aliphatic hydroxyl groups is 4. The molecule has 7 N–H and O–H groups in total. The van der Waals surface area contributed by atoms with Crippen molar-refractivity contribution in [1.29, 1.82) is 0 Å². The Labute approximate surface area is 113 Å². The van der Waals surface area contributed by atoms with E-state index in [1.807, 2.05) is 0 Å². The number of carbonyl (C=O) groups is 1. The maximum absolute atomic E-state index is 10.9. The van der Waals surface area contributed by atoms with Crippen molar-refractivity contribution in [2.45, 2.75) is 37.3 Å². The maximum atomic E-state index is 10.9. The number of rotatable bonds is 4. The molecule has 0 aliphatic carbocycles. The molecule has 20 heavy (non-hydrogen) atoms. The van der Waals surface area contributed by atoms with Gasteiger partial charge in [-0.15, -0.1) is 0 Å². The van der Waals surface area contributed by atoms with Crippen LogP contribution in [0.4, 0.5) is 0 Å². The molecule has 12 heteroatoms. The van der Waals surface area contributed by atoms with Gasteiger partial charge in [-0.1, -0.05) is 0 Å². The Bertz CT molecular complexity index is 412. The van der Waals surface area contributed by atoms with Crippen molar-refractivity contribution in [3.05, 3.63) is 0 Å². The quantitative estimate of drug-likeness (QED) is 0.255. The monoisotopic (exact) mass is 317 g/mol. The van der Waals surface area contributed by atoms with Crippen molar-refractivity contribution in [3.63, 3.8) is 0 Å². The van der Waals surface area contributed by atoms with Gasteiger partial charge < -0.3 is 40.3 Å². The van der Waals surface area contributed by atoms with E-state index in [1.54, 1.807) is 0 Å². The predicted molar refractivity (Wildman–Crippen MR) is 59.7 cm³/mol. The fraction of sp³-hybridized carbons (Fsp3) is 0.875. The van der Waals surface area contributed by atoms with E-state index < -0.39 is 50.7 Å². The molecule has 1 unspecified atom stereocenters. The fourth-order valence-electron chi connectivity index (χ4n) is 1.80. The molecule has 0 radical (unpaired) electrons. The lowest BCUT2D eigenvalue weighted by molar-refractivity contribution is -0.365. The zero-order chi connectivity index (χ0) is 15.7. The second kappa shape index (κ2) is 6.02. The molecule has 0 aromatic carbocycles. The number of phosphoric acid groups is 1. The molecule has 118 valence electrons. The molecule has 1 aliphatic rings. The van der Waals surface area contributed by atoms with Crippen molar-refractivity contribution in [1.82, 2.24) is 5.32 Å². The van der Waals surface area contributed by atoms with Crippen molar-refractivity contribution in [2.75, 3.05) is 6.61 Å². The third-order valence-electron chi connectivity index (χ3n) is 2.63. The summed E-state index contributed by atoms with van der Waals surface area (Å²) < 4.78 is 19.6.